The Bertz CT molecular complexity index is 1250. The Morgan fingerprint density at radius 2 is 1.56 bits per heavy atom. The van der Waals surface area contributed by atoms with E-state index in [1.807, 2.05) is 30.1 Å². The summed E-state index contributed by atoms with van der Waals surface area (Å²) in [5.41, 5.74) is 3.46. The van der Waals surface area contributed by atoms with Gasteiger partial charge >= 0.3 is 0 Å². The van der Waals surface area contributed by atoms with Gasteiger partial charge in [-0.3, -0.25) is 19.5 Å². The number of hydrogen-bond acceptors (Lipinski definition) is 4. The van der Waals surface area contributed by atoms with Crippen LogP contribution in [0.2, 0.25) is 0 Å². The van der Waals surface area contributed by atoms with Gasteiger partial charge in [0.2, 0.25) is 0 Å². The molecular weight excluding hydrogens is 473 g/mol. The van der Waals surface area contributed by atoms with Gasteiger partial charge < -0.3 is 4.90 Å². The van der Waals surface area contributed by atoms with Crippen LogP contribution in [0.25, 0.3) is 0 Å². The second-order valence-electron chi connectivity index (χ2n) is 7.86. The molecule has 0 bridgehead atoms. The lowest BCUT2D eigenvalue weighted by Crippen LogP contribution is -2.46. The number of benzene rings is 3. The number of imide groups is 1. The minimum absolute atomic E-state index is 0.187. The van der Waals surface area contributed by atoms with E-state index >= 15 is 0 Å². The molecule has 1 unspecified atom stereocenters. The zero-order valence-electron chi connectivity index (χ0n) is 17.3. The molecule has 2 aliphatic heterocycles. The fourth-order valence-corrected chi connectivity index (χ4v) is 4.65. The van der Waals surface area contributed by atoms with Crippen molar-refractivity contribution in [3.05, 3.63) is 99.3 Å². The van der Waals surface area contributed by atoms with Gasteiger partial charge in [-0.1, -0.05) is 40.2 Å². The van der Waals surface area contributed by atoms with E-state index < -0.39 is 0 Å². The minimum Gasteiger partial charge on any atom is -0.367 e. The van der Waals surface area contributed by atoms with E-state index in [-0.39, 0.29) is 30.2 Å². The van der Waals surface area contributed by atoms with Crippen molar-refractivity contribution in [2.24, 2.45) is 4.99 Å². The molecule has 7 heteroatoms. The summed E-state index contributed by atoms with van der Waals surface area (Å²) in [6.07, 6.45) is 0. The predicted octanol–water partition coefficient (Wildman–Crippen LogP) is 4.54. The molecule has 0 saturated heterocycles. The number of fused-ring (bicyclic) bond motifs is 2. The van der Waals surface area contributed by atoms with Crippen LogP contribution in [0.4, 0.5) is 10.1 Å². The number of likely N-dealkylation sites (N-methyl/N-ethyl adjacent to an activating group) is 1. The molecule has 0 aliphatic carbocycles. The highest BCUT2D eigenvalue weighted by Gasteiger charge is 2.38. The molecule has 2 amide bonds. The third-order valence-electron chi connectivity index (χ3n) is 6.00. The van der Waals surface area contributed by atoms with Crippen LogP contribution in [0.5, 0.6) is 0 Å². The Morgan fingerprint density at radius 1 is 0.938 bits per heavy atom. The van der Waals surface area contributed by atoms with Gasteiger partial charge in [-0.05, 0) is 42.5 Å². The average Bonchev–Trinajstić information content (AvgIpc) is 2.95. The van der Waals surface area contributed by atoms with Crippen LogP contribution in [-0.4, -0.2) is 48.6 Å². The molecule has 1 atom stereocenters. The molecule has 0 aromatic heterocycles. The number of carbonyl (C=O) groups excluding carboxylic acids is 2. The van der Waals surface area contributed by atoms with Crippen molar-refractivity contribution in [2.45, 2.75) is 6.04 Å². The summed E-state index contributed by atoms with van der Waals surface area (Å²) in [5, 5.41) is 0. The molecule has 2 aliphatic rings. The second kappa shape index (κ2) is 7.98. The molecule has 0 saturated carbocycles. The standard InChI is InChI=1S/C25H19BrFN3O2/c1-29-16(14-30-24(31)17-6-2-3-7-18(17)25(30)32)13-28-23(19-8-4-5-9-21(19)27)20-12-15(26)10-11-22(20)29/h2-12,16H,13-14H2,1H3. The Hall–Kier alpha value is -3.32. The average molecular weight is 492 g/mol. The number of carbonyl (C=O) groups is 2. The van der Waals surface area contributed by atoms with Crippen LogP contribution < -0.4 is 4.90 Å². The van der Waals surface area contributed by atoms with Crippen molar-refractivity contribution in [1.29, 1.82) is 0 Å². The van der Waals surface area contributed by atoms with E-state index in [4.69, 9.17) is 4.99 Å². The molecule has 3 aromatic rings. The number of hydrogen-bond donors (Lipinski definition) is 0. The van der Waals surface area contributed by atoms with E-state index in [2.05, 4.69) is 15.9 Å². The third-order valence-corrected chi connectivity index (χ3v) is 6.50. The molecule has 0 radical (unpaired) electrons. The smallest absolute Gasteiger partial charge is 0.261 e. The Balaban J connectivity index is 1.54. The normalized spacial score (nSPS) is 17.7. The summed E-state index contributed by atoms with van der Waals surface area (Å²) in [7, 11) is 1.91. The lowest BCUT2D eigenvalue weighted by molar-refractivity contribution is 0.0645. The number of amides is 2. The van der Waals surface area contributed by atoms with Gasteiger partial charge in [0.15, 0.2) is 0 Å². The van der Waals surface area contributed by atoms with E-state index in [9.17, 15) is 14.0 Å². The maximum Gasteiger partial charge on any atom is 0.261 e. The first kappa shape index (κ1) is 20.6. The molecule has 2 heterocycles. The highest BCUT2D eigenvalue weighted by atomic mass is 79.9. The minimum atomic E-state index is -0.348. The highest BCUT2D eigenvalue weighted by Crippen LogP contribution is 2.32. The summed E-state index contributed by atoms with van der Waals surface area (Å²) in [6, 6.07) is 18.9. The summed E-state index contributed by atoms with van der Waals surface area (Å²) in [5.74, 6) is -0.936. The first-order valence-corrected chi connectivity index (χ1v) is 11.0. The van der Waals surface area contributed by atoms with Gasteiger partial charge in [0.1, 0.15) is 5.82 Å². The fourth-order valence-electron chi connectivity index (χ4n) is 4.29. The quantitative estimate of drug-likeness (QED) is 0.505. The van der Waals surface area contributed by atoms with E-state index in [1.54, 1.807) is 42.5 Å². The maximum absolute atomic E-state index is 14.7. The summed E-state index contributed by atoms with van der Waals surface area (Å²) in [4.78, 5) is 33.9. The van der Waals surface area contributed by atoms with Crippen molar-refractivity contribution in [2.75, 3.05) is 25.0 Å². The number of anilines is 1. The Kier molecular flexibility index (Phi) is 5.13. The van der Waals surface area contributed by atoms with Crippen LogP contribution in [-0.2, 0) is 0 Å². The number of halogens is 2. The molecule has 3 aromatic carbocycles. The van der Waals surface area contributed by atoms with E-state index in [0.717, 1.165) is 15.7 Å². The van der Waals surface area contributed by atoms with Gasteiger partial charge in [-0.15, -0.1) is 0 Å². The molecule has 0 spiro atoms. The van der Waals surface area contributed by atoms with Crippen molar-refractivity contribution >= 4 is 39.1 Å². The van der Waals surface area contributed by atoms with Crippen molar-refractivity contribution < 1.29 is 14.0 Å². The zero-order valence-corrected chi connectivity index (χ0v) is 18.8. The first-order chi connectivity index (χ1) is 15.5. The van der Waals surface area contributed by atoms with Crippen LogP contribution >= 0.6 is 15.9 Å². The van der Waals surface area contributed by atoms with Crippen molar-refractivity contribution in [3.63, 3.8) is 0 Å². The van der Waals surface area contributed by atoms with E-state index in [0.29, 0.717) is 28.9 Å². The molecule has 5 rings (SSSR count). The Labute approximate surface area is 193 Å². The monoisotopic (exact) mass is 491 g/mol. The van der Waals surface area contributed by atoms with Gasteiger partial charge in [0.25, 0.3) is 11.8 Å². The molecular formula is C25H19BrFN3O2. The molecule has 160 valence electrons. The number of rotatable bonds is 3. The van der Waals surface area contributed by atoms with Gasteiger partial charge in [0, 0.05) is 28.3 Å². The molecule has 0 N–H and O–H groups in total. The molecule has 32 heavy (non-hydrogen) atoms. The fraction of sp³-hybridized carbons (Fsp3) is 0.160. The number of aliphatic imine (C=N–C) groups is 1. The number of nitrogens with zero attached hydrogens (tertiary/aromatic N) is 3. The highest BCUT2D eigenvalue weighted by molar-refractivity contribution is 9.10. The summed E-state index contributed by atoms with van der Waals surface area (Å²) in [6.45, 7) is 0.492. The van der Waals surface area contributed by atoms with Crippen LogP contribution in [0.15, 0.2) is 76.2 Å². The lowest BCUT2D eigenvalue weighted by Gasteiger charge is -2.31. The Morgan fingerprint density at radius 3 is 2.22 bits per heavy atom. The second-order valence-corrected chi connectivity index (χ2v) is 8.78. The van der Waals surface area contributed by atoms with Crippen molar-refractivity contribution in [3.8, 4) is 0 Å². The lowest BCUT2D eigenvalue weighted by atomic mass is 10.00. The topological polar surface area (TPSA) is 53.0 Å². The molecule has 5 nitrogen and oxygen atoms in total. The number of benzodiazepines with no additional fused rings is 1. The maximum atomic E-state index is 14.7. The van der Waals surface area contributed by atoms with Crippen LogP contribution in [0.3, 0.4) is 0 Å². The zero-order chi connectivity index (χ0) is 22.4. The predicted molar refractivity (Wildman–Crippen MR) is 125 cm³/mol. The van der Waals surface area contributed by atoms with Gasteiger partial charge in [-0.2, -0.15) is 0 Å². The van der Waals surface area contributed by atoms with Gasteiger partial charge in [0.05, 0.1) is 36.0 Å². The van der Waals surface area contributed by atoms with Crippen molar-refractivity contribution in [1.82, 2.24) is 4.90 Å². The largest absolute Gasteiger partial charge is 0.367 e. The summed E-state index contributed by atoms with van der Waals surface area (Å²) >= 11 is 3.51. The van der Waals surface area contributed by atoms with E-state index in [1.165, 1.54) is 11.0 Å². The third kappa shape index (κ3) is 3.33. The first-order valence-electron chi connectivity index (χ1n) is 10.2. The molecule has 0 fully saturated rings. The van der Waals surface area contributed by atoms with Crippen LogP contribution in [0.1, 0.15) is 31.8 Å². The SMILES string of the molecule is CN1c2ccc(Br)cc2C(c2ccccc2F)=NCC1CN1C(=O)c2ccccc2C1=O. The van der Waals surface area contributed by atoms with Crippen LogP contribution in [0, 0.1) is 5.82 Å². The summed E-state index contributed by atoms with van der Waals surface area (Å²) < 4.78 is 15.5. The van der Waals surface area contributed by atoms with Gasteiger partial charge in [-0.25, -0.2) is 4.39 Å².